The molecule has 0 bridgehead atoms. The average molecular weight is 225 g/mol. The second-order valence-electron chi connectivity index (χ2n) is 3.78. The molecular formula is C13H20FNO. The van der Waals surface area contributed by atoms with E-state index >= 15 is 0 Å². The smallest absolute Gasteiger partial charge is 0.123 e. The van der Waals surface area contributed by atoms with Crippen LogP contribution in [0.25, 0.3) is 0 Å². The number of hydrogen-bond acceptors (Lipinski definition) is 2. The zero-order chi connectivity index (χ0) is 11.8. The first-order valence-corrected chi connectivity index (χ1v) is 5.80. The SMILES string of the molecule is CCCNC(C)c1ccc(OCCF)cc1. The van der Waals surface area contributed by atoms with Gasteiger partial charge in [-0.2, -0.15) is 0 Å². The van der Waals surface area contributed by atoms with E-state index in [0.29, 0.717) is 6.04 Å². The average Bonchev–Trinajstić information content (AvgIpc) is 2.34. The molecule has 0 saturated carbocycles. The topological polar surface area (TPSA) is 21.3 Å². The second kappa shape index (κ2) is 7.23. The molecule has 1 rings (SSSR count). The molecule has 0 aromatic heterocycles. The molecule has 0 heterocycles. The van der Waals surface area contributed by atoms with Crippen LogP contribution in [0.15, 0.2) is 24.3 Å². The summed E-state index contributed by atoms with van der Waals surface area (Å²) in [6.45, 7) is 4.97. The third-order valence-electron chi connectivity index (χ3n) is 2.43. The zero-order valence-electron chi connectivity index (χ0n) is 10.0. The van der Waals surface area contributed by atoms with Crippen molar-refractivity contribution < 1.29 is 9.13 Å². The number of hydrogen-bond donors (Lipinski definition) is 1. The van der Waals surface area contributed by atoms with Gasteiger partial charge in [-0.3, -0.25) is 0 Å². The van der Waals surface area contributed by atoms with Crippen molar-refractivity contribution in [1.82, 2.24) is 5.32 Å². The molecule has 2 nitrogen and oxygen atoms in total. The summed E-state index contributed by atoms with van der Waals surface area (Å²) in [7, 11) is 0. The minimum atomic E-state index is -0.448. The van der Waals surface area contributed by atoms with E-state index in [1.807, 2.05) is 24.3 Å². The van der Waals surface area contributed by atoms with Crippen LogP contribution in [-0.4, -0.2) is 19.8 Å². The summed E-state index contributed by atoms with van der Waals surface area (Å²) in [4.78, 5) is 0. The van der Waals surface area contributed by atoms with Gasteiger partial charge in [-0.15, -0.1) is 0 Å². The molecule has 0 amide bonds. The first-order chi connectivity index (χ1) is 7.77. The van der Waals surface area contributed by atoms with Crippen LogP contribution in [0.4, 0.5) is 4.39 Å². The van der Waals surface area contributed by atoms with Gasteiger partial charge in [0.2, 0.25) is 0 Å². The lowest BCUT2D eigenvalue weighted by atomic mass is 10.1. The molecule has 0 aliphatic carbocycles. The van der Waals surface area contributed by atoms with E-state index < -0.39 is 6.67 Å². The predicted octanol–water partition coefficient (Wildman–Crippen LogP) is 3.10. The van der Waals surface area contributed by atoms with E-state index in [2.05, 4.69) is 19.2 Å². The third kappa shape index (κ3) is 4.19. The molecule has 16 heavy (non-hydrogen) atoms. The molecule has 3 heteroatoms. The molecule has 0 saturated heterocycles. The highest BCUT2D eigenvalue weighted by Crippen LogP contribution is 2.17. The van der Waals surface area contributed by atoms with Crippen LogP contribution >= 0.6 is 0 Å². The van der Waals surface area contributed by atoms with Gasteiger partial charge in [-0.1, -0.05) is 19.1 Å². The Kier molecular flexibility index (Phi) is 5.86. The fourth-order valence-corrected chi connectivity index (χ4v) is 1.49. The molecule has 0 aliphatic rings. The summed E-state index contributed by atoms with van der Waals surface area (Å²) in [6, 6.07) is 8.14. The van der Waals surface area contributed by atoms with E-state index in [0.717, 1.165) is 18.7 Å². The fourth-order valence-electron chi connectivity index (χ4n) is 1.49. The van der Waals surface area contributed by atoms with Gasteiger partial charge in [0.15, 0.2) is 0 Å². The van der Waals surface area contributed by atoms with Gasteiger partial charge in [0.1, 0.15) is 19.0 Å². The molecule has 1 unspecified atom stereocenters. The lowest BCUT2D eigenvalue weighted by Crippen LogP contribution is -2.19. The number of halogens is 1. The van der Waals surface area contributed by atoms with Crippen molar-refractivity contribution in [2.75, 3.05) is 19.8 Å². The van der Waals surface area contributed by atoms with E-state index in [9.17, 15) is 4.39 Å². The summed E-state index contributed by atoms with van der Waals surface area (Å²) in [6.07, 6.45) is 1.13. The van der Waals surface area contributed by atoms with Gasteiger partial charge in [0.25, 0.3) is 0 Å². The van der Waals surface area contributed by atoms with Crippen molar-refractivity contribution in [1.29, 1.82) is 0 Å². The highest BCUT2D eigenvalue weighted by molar-refractivity contribution is 5.28. The highest BCUT2D eigenvalue weighted by Gasteiger charge is 2.03. The van der Waals surface area contributed by atoms with Gasteiger partial charge in [0, 0.05) is 6.04 Å². The lowest BCUT2D eigenvalue weighted by Gasteiger charge is -2.14. The van der Waals surface area contributed by atoms with Crippen molar-refractivity contribution in [2.45, 2.75) is 26.3 Å². The Morgan fingerprint density at radius 3 is 2.56 bits per heavy atom. The summed E-state index contributed by atoms with van der Waals surface area (Å²) in [5, 5.41) is 3.41. The third-order valence-corrected chi connectivity index (χ3v) is 2.43. The first-order valence-electron chi connectivity index (χ1n) is 5.80. The fraction of sp³-hybridized carbons (Fsp3) is 0.538. The predicted molar refractivity (Wildman–Crippen MR) is 64.6 cm³/mol. The number of ether oxygens (including phenoxy) is 1. The maximum Gasteiger partial charge on any atom is 0.123 e. The van der Waals surface area contributed by atoms with Crippen molar-refractivity contribution in [3.63, 3.8) is 0 Å². The Labute approximate surface area is 96.8 Å². The van der Waals surface area contributed by atoms with E-state index in [1.165, 1.54) is 5.56 Å². The molecule has 1 atom stereocenters. The summed E-state index contributed by atoms with van der Waals surface area (Å²) in [5.41, 5.74) is 1.22. The monoisotopic (exact) mass is 225 g/mol. The molecular weight excluding hydrogens is 205 g/mol. The normalized spacial score (nSPS) is 12.4. The van der Waals surface area contributed by atoms with E-state index in [4.69, 9.17) is 4.74 Å². The number of benzene rings is 1. The van der Waals surface area contributed by atoms with Gasteiger partial charge in [-0.25, -0.2) is 4.39 Å². The van der Waals surface area contributed by atoms with E-state index in [-0.39, 0.29) is 6.61 Å². The molecule has 1 N–H and O–H groups in total. The number of alkyl halides is 1. The van der Waals surface area contributed by atoms with Crippen LogP contribution in [-0.2, 0) is 0 Å². The van der Waals surface area contributed by atoms with Crippen LogP contribution in [0, 0.1) is 0 Å². The number of rotatable bonds is 7. The first kappa shape index (κ1) is 13.0. The van der Waals surface area contributed by atoms with Crippen LogP contribution in [0.5, 0.6) is 5.75 Å². The van der Waals surface area contributed by atoms with Gasteiger partial charge in [-0.05, 0) is 37.6 Å². The quantitative estimate of drug-likeness (QED) is 0.770. The zero-order valence-corrected chi connectivity index (χ0v) is 10.0. The Morgan fingerprint density at radius 1 is 1.31 bits per heavy atom. The van der Waals surface area contributed by atoms with Crippen molar-refractivity contribution in [2.24, 2.45) is 0 Å². The molecule has 1 aromatic rings. The molecule has 0 aliphatic heterocycles. The lowest BCUT2D eigenvalue weighted by molar-refractivity contribution is 0.273. The minimum absolute atomic E-state index is 0.128. The molecule has 0 fully saturated rings. The summed E-state index contributed by atoms with van der Waals surface area (Å²) >= 11 is 0. The molecule has 0 spiro atoms. The van der Waals surface area contributed by atoms with Gasteiger partial charge in [0.05, 0.1) is 0 Å². The van der Waals surface area contributed by atoms with Crippen molar-refractivity contribution in [3.05, 3.63) is 29.8 Å². The summed E-state index contributed by atoms with van der Waals surface area (Å²) < 4.78 is 17.1. The van der Waals surface area contributed by atoms with Gasteiger partial charge < -0.3 is 10.1 Å². The Hall–Kier alpha value is -1.09. The van der Waals surface area contributed by atoms with Crippen molar-refractivity contribution in [3.8, 4) is 5.75 Å². The maximum atomic E-state index is 11.9. The Balaban J connectivity index is 2.49. The van der Waals surface area contributed by atoms with Crippen LogP contribution in [0.2, 0.25) is 0 Å². The minimum Gasteiger partial charge on any atom is -0.491 e. The van der Waals surface area contributed by atoms with Crippen molar-refractivity contribution >= 4 is 0 Å². The number of nitrogens with one attached hydrogen (secondary N) is 1. The van der Waals surface area contributed by atoms with Gasteiger partial charge >= 0.3 is 0 Å². The maximum absolute atomic E-state index is 11.9. The Morgan fingerprint density at radius 2 is 2.00 bits per heavy atom. The standard InChI is InChI=1S/C13H20FNO/c1-3-9-15-11(2)12-4-6-13(7-5-12)16-10-8-14/h4-7,11,15H,3,8-10H2,1-2H3. The molecule has 1 aromatic carbocycles. The largest absolute Gasteiger partial charge is 0.491 e. The highest BCUT2D eigenvalue weighted by atomic mass is 19.1. The van der Waals surface area contributed by atoms with E-state index in [1.54, 1.807) is 0 Å². The van der Waals surface area contributed by atoms with Crippen LogP contribution < -0.4 is 10.1 Å². The second-order valence-corrected chi connectivity index (χ2v) is 3.78. The van der Waals surface area contributed by atoms with Crippen LogP contribution in [0.3, 0.4) is 0 Å². The molecule has 90 valence electrons. The molecule has 0 radical (unpaired) electrons. The van der Waals surface area contributed by atoms with Crippen LogP contribution in [0.1, 0.15) is 31.9 Å². The Bertz CT molecular complexity index is 286. The summed E-state index contributed by atoms with van der Waals surface area (Å²) in [5.74, 6) is 0.726.